The molecule has 0 unspecified atom stereocenters. The molecule has 8 heteroatoms. The van der Waals surface area contributed by atoms with E-state index in [2.05, 4.69) is 14.5 Å². The molecule has 0 spiro atoms. The molecule has 0 amide bonds. The summed E-state index contributed by atoms with van der Waals surface area (Å²) in [7, 11) is 1.03. The van der Waals surface area contributed by atoms with Crippen molar-refractivity contribution in [2.24, 2.45) is 0 Å². The Hall–Kier alpha value is -2.30. The minimum absolute atomic E-state index is 0.341. The molecule has 1 aromatic heterocycles. The third-order valence-electron chi connectivity index (χ3n) is 1.61. The number of pyridine rings is 1. The maximum absolute atomic E-state index is 11.9. The molecule has 5 nitrogen and oxygen atoms in total. The van der Waals surface area contributed by atoms with Crippen LogP contribution in [0, 0.1) is 11.3 Å². The second kappa shape index (κ2) is 4.69. The highest BCUT2D eigenvalue weighted by Crippen LogP contribution is 2.23. The van der Waals surface area contributed by atoms with Gasteiger partial charge in [-0.25, -0.2) is 9.78 Å². The lowest BCUT2D eigenvalue weighted by molar-refractivity contribution is -0.274. The van der Waals surface area contributed by atoms with Gasteiger partial charge in [0.05, 0.1) is 18.9 Å². The standard InChI is InChI=1S/C9H5F3N2O3/c1-16-8(15)6-2-5(17-9(10,11)12)4-14-7(6)3-13/h2,4H,1H3. The quantitative estimate of drug-likeness (QED) is 0.741. The summed E-state index contributed by atoms with van der Waals surface area (Å²) in [6.45, 7) is 0. The van der Waals surface area contributed by atoms with Gasteiger partial charge in [-0.1, -0.05) is 0 Å². The number of halogens is 3. The lowest BCUT2D eigenvalue weighted by Crippen LogP contribution is -2.18. The van der Waals surface area contributed by atoms with Crippen LogP contribution < -0.4 is 4.74 Å². The van der Waals surface area contributed by atoms with Crippen LogP contribution in [0.5, 0.6) is 5.75 Å². The number of rotatable bonds is 2. The van der Waals surface area contributed by atoms with Crippen molar-refractivity contribution in [1.82, 2.24) is 4.98 Å². The van der Waals surface area contributed by atoms with Crippen molar-refractivity contribution >= 4 is 5.97 Å². The van der Waals surface area contributed by atoms with Crippen molar-refractivity contribution in [3.63, 3.8) is 0 Å². The SMILES string of the molecule is COC(=O)c1cc(OC(F)(F)F)cnc1C#N. The Labute approximate surface area is 93.4 Å². The summed E-state index contributed by atoms with van der Waals surface area (Å²) < 4.78 is 43.6. The second-order valence-electron chi connectivity index (χ2n) is 2.72. The summed E-state index contributed by atoms with van der Waals surface area (Å²) in [4.78, 5) is 14.5. The molecule has 0 radical (unpaired) electrons. The van der Waals surface area contributed by atoms with Gasteiger partial charge in [-0.05, 0) is 6.07 Å². The summed E-state index contributed by atoms with van der Waals surface area (Å²) in [5, 5.41) is 8.60. The monoisotopic (exact) mass is 246 g/mol. The number of methoxy groups -OCH3 is 1. The number of nitriles is 1. The van der Waals surface area contributed by atoms with E-state index in [4.69, 9.17) is 5.26 Å². The zero-order valence-electron chi connectivity index (χ0n) is 8.41. The topological polar surface area (TPSA) is 72.2 Å². The Morgan fingerprint density at radius 1 is 1.53 bits per heavy atom. The van der Waals surface area contributed by atoms with E-state index < -0.39 is 23.6 Å². The van der Waals surface area contributed by atoms with Gasteiger partial charge < -0.3 is 9.47 Å². The molecule has 0 atom stereocenters. The highest BCUT2D eigenvalue weighted by atomic mass is 19.4. The van der Waals surface area contributed by atoms with Gasteiger partial charge in [-0.3, -0.25) is 0 Å². The van der Waals surface area contributed by atoms with Gasteiger partial charge in [0.25, 0.3) is 0 Å². The van der Waals surface area contributed by atoms with Crippen LogP contribution >= 0.6 is 0 Å². The van der Waals surface area contributed by atoms with E-state index in [1.54, 1.807) is 6.07 Å². The van der Waals surface area contributed by atoms with Crippen LogP contribution in [0.15, 0.2) is 12.3 Å². The average molecular weight is 246 g/mol. The van der Waals surface area contributed by atoms with Gasteiger partial charge in [0.2, 0.25) is 0 Å². The van der Waals surface area contributed by atoms with Crippen molar-refractivity contribution in [1.29, 1.82) is 5.26 Å². The molecule has 90 valence electrons. The van der Waals surface area contributed by atoms with Crippen molar-refractivity contribution < 1.29 is 27.4 Å². The van der Waals surface area contributed by atoms with Crippen LogP contribution in [0.1, 0.15) is 16.1 Å². The van der Waals surface area contributed by atoms with Crippen molar-refractivity contribution in [3.8, 4) is 11.8 Å². The zero-order valence-corrected chi connectivity index (χ0v) is 8.41. The van der Waals surface area contributed by atoms with Crippen molar-refractivity contribution in [2.75, 3.05) is 7.11 Å². The van der Waals surface area contributed by atoms with Gasteiger partial charge >= 0.3 is 12.3 Å². The first kappa shape index (κ1) is 12.8. The predicted octanol–water partition coefficient (Wildman–Crippen LogP) is 1.64. The number of esters is 1. The van der Waals surface area contributed by atoms with Crippen molar-refractivity contribution in [3.05, 3.63) is 23.5 Å². The van der Waals surface area contributed by atoms with Crippen LogP contribution in [0.2, 0.25) is 0 Å². The fourth-order valence-corrected chi connectivity index (χ4v) is 0.990. The third kappa shape index (κ3) is 3.34. The number of hydrogen-bond acceptors (Lipinski definition) is 5. The molecule has 0 saturated carbocycles. The van der Waals surface area contributed by atoms with Crippen LogP contribution in [0.25, 0.3) is 0 Å². The summed E-state index contributed by atoms with van der Waals surface area (Å²) in [6, 6.07) is 2.29. The largest absolute Gasteiger partial charge is 0.573 e. The van der Waals surface area contributed by atoms with Gasteiger partial charge in [-0.15, -0.1) is 13.2 Å². The Bertz CT molecular complexity index is 479. The van der Waals surface area contributed by atoms with E-state index >= 15 is 0 Å². The second-order valence-corrected chi connectivity index (χ2v) is 2.72. The lowest BCUT2D eigenvalue weighted by atomic mass is 10.2. The van der Waals surface area contributed by atoms with Crippen LogP contribution in [-0.4, -0.2) is 24.4 Å². The minimum Gasteiger partial charge on any atom is -0.465 e. The summed E-state index contributed by atoms with van der Waals surface area (Å²) in [5.74, 6) is -1.67. The predicted molar refractivity (Wildman–Crippen MR) is 47.0 cm³/mol. The number of carbonyl (C=O) groups is 1. The summed E-state index contributed by atoms with van der Waals surface area (Å²) >= 11 is 0. The Balaban J connectivity index is 3.15. The normalized spacial score (nSPS) is 10.5. The number of nitrogens with zero attached hydrogens (tertiary/aromatic N) is 2. The first-order chi connectivity index (χ1) is 7.87. The molecule has 0 N–H and O–H groups in total. The van der Waals surface area contributed by atoms with E-state index in [1.807, 2.05) is 0 Å². The van der Waals surface area contributed by atoms with Crippen molar-refractivity contribution in [2.45, 2.75) is 6.36 Å². The number of alkyl halides is 3. The molecule has 0 aliphatic carbocycles. The Kier molecular flexibility index (Phi) is 3.52. The molecule has 1 heterocycles. The molecular formula is C9H5F3N2O3. The van der Waals surface area contributed by atoms with E-state index in [0.29, 0.717) is 6.20 Å². The summed E-state index contributed by atoms with van der Waals surface area (Å²) in [6.07, 6.45) is -4.21. The molecular weight excluding hydrogens is 241 g/mol. The summed E-state index contributed by atoms with van der Waals surface area (Å²) in [5.41, 5.74) is -0.733. The van der Waals surface area contributed by atoms with Crippen LogP contribution in [-0.2, 0) is 4.74 Å². The van der Waals surface area contributed by atoms with Gasteiger partial charge in [-0.2, -0.15) is 5.26 Å². The molecule has 1 aromatic rings. The van der Waals surface area contributed by atoms with Crippen LogP contribution in [0.4, 0.5) is 13.2 Å². The Morgan fingerprint density at radius 2 is 2.18 bits per heavy atom. The third-order valence-corrected chi connectivity index (χ3v) is 1.61. The average Bonchev–Trinajstić information content (AvgIpc) is 2.25. The fourth-order valence-electron chi connectivity index (χ4n) is 0.990. The number of carbonyl (C=O) groups excluding carboxylic acids is 1. The zero-order chi connectivity index (χ0) is 13.1. The smallest absolute Gasteiger partial charge is 0.465 e. The molecule has 1 rings (SSSR count). The number of aromatic nitrogens is 1. The van der Waals surface area contributed by atoms with E-state index in [-0.39, 0.29) is 5.69 Å². The first-order valence-corrected chi connectivity index (χ1v) is 4.11. The molecule has 0 aliphatic rings. The fraction of sp³-hybridized carbons (Fsp3) is 0.222. The maximum atomic E-state index is 11.9. The lowest BCUT2D eigenvalue weighted by Gasteiger charge is -2.09. The Morgan fingerprint density at radius 3 is 2.65 bits per heavy atom. The van der Waals surface area contributed by atoms with Gasteiger partial charge in [0.1, 0.15) is 11.8 Å². The molecule has 0 aliphatic heterocycles. The molecule has 0 saturated heterocycles. The highest BCUT2D eigenvalue weighted by molar-refractivity contribution is 5.91. The minimum atomic E-state index is -4.90. The maximum Gasteiger partial charge on any atom is 0.573 e. The highest BCUT2D eigenvalue weighted by Gasteiger charge is 2.31. The first-order valence-electron chi connectivity index (χ1n) is 4.11. The van der Waals surface area contributed by atoms with Gasteiger partial charge in [0, 0.05) is 0 Å². The molecule has 0 bridgehead atoms. The molecule has 17 heavy (non-hydrogen) atoms. The van der Waals surface area contributed by atoms with E-state index in [0.717, 1.165) is 13.2 Å². The number of ether oxygens (including phenoxy) is 2. The van der Waals surface area contributed by atoms with E-state index in [9.17, 15) is 18.0 Å². The number of hydrogen-bond donors (Lipinski definition) is 0. The van der Waals surface area contributed by atoms with Crippen LogP contribution in [0.3, 0.4) is 0 Å². The molecule has 0 fully saturated rings. The van der Waals surface area contributed by atoms with E-state index in [1.165, 1.54) is 0 Å². The molecule has 0 aromatic carbocycles. The van der Waals surface area contributed by atoms with Gasteiger partial charge in [0.15, 0.2) is 5.69 Å².